The average molecular weight is 732 g/mol. The van der Waals surface area contributed by atoms with E-state index in [0.29, 0.717) is 17.5 Å². The van der Waals surface area contributed by atoms with Crippen LogP contribution in [0, 0.1) is 0 Å². The van der Waals surface area contributed by atoms with E-state index in [1.165, 1.54) is 0 Å². The van der Waals surface area contributed by atoms with Gasteiger partial charge in [0.15, 0.2) is 17.5 Å². The zero-order valence-electron chi connectivity index (χ0n) is 30.8. The van der Waals surface area contributed by atoms with E-state index in [1.54, 1.807) is 12.2 Å². The van der Waals surface area contributed by atoms with Crippen molar-refractivity contribution in [3.8, 4) is 34.2 Å². The Hall–Kier alpha value is -7.83. The van der Waals surface area contributed by atoms with E-state index >= 15 is 0 Å². The molecule has 0 aliphatic carbocycles. The maximum absolute atomic E-state index is 7.13. The second-order valence-electron chi connectivity index (χ2n) is 14.1. The minimum absolute atomic E-state index is 0.532. The van der Waals surface area contributed by atoms with Crippen molar-refractivity contribution in [3.63, 3.8) is 0 Å². The van der Waals surface area contributed by atoms with Crippen LogP contribution in [-0.4, -0.2) is 24.1 Å². The third kappa shape index (κ3) is 5.01. The average Bonchev–Trinajstić information content (AvgIpc) is 3.94. The Morgan fingerprint density at radius 2 is 1.00 bits per heavy atom. The summed E-state index contributed by atoms with van der Waals surface area (Å²) in [5, 5.41) is 6.64. The molecule has 268 valence electrons. The summed E-state index contributed by atoms with van der Waals surface area (Å²) in [6, 6.07) is 54.9. The molecule has 4 aromatic heterocycles. The Balaban J connectivity index is 1.14. The SMILES string of the molecule is C=C/C=C(\C=C)c1nc(-c2ccccc2)nc(-c2cccc(-n3c4ccccc4c4c5oc6c(ccc7c6c6ccccc6n7-c6ccccc6)c5ccc43)c2)n1. The zero-order valence-corrected chi connectivity index (χ0v) is 30.8. The molecule has 4 heterocycles. The lowest BCUT2D eigenvalue weighted by Gasteiger charge is -2.11. The van der Waals surface area contributed by atoms with Crippen LogP contribution in [-0.2, 0) is 0 Å². The number of hydrogen-bond acceptors (Lipinski definition) is 4. The van der Waals surface area contributed by atoms with Gasteiger partial charge < -0.3 is 13.6 Å². The highest BCUT2D eigenvalue weighted by Crippen LogP contribution is 2.45. The van der Waals surface area contributed by atoms with E-state index in [4.69, 9.17) is 19.4 Å². The zero-order chi connectivity index (χ0) is 38.0. The molecule has 0 unspecified atom stereocenters. The van der Waals surface area contributed by atoms with E-state index < -0.39 is 0 Å². The lowest BCUT2D eigenvalue weighted by molar-refractivity contribution is 0.677. The first-order valence-electron chi connectivity index (χ1n) is 18.9. The predicted octanol–water partition coefficient (Wildman–Crippen LogP) is 13.1. The fraction of sp³-hybridized carbons (Fsp3) is 0. The Bertz CT molecular complexity index is 3440. The molecule has 7 aromatic carbocycles. The standard InChI is InChI=1S/C51H33N5O/c1-3-16-32(4-2)49-52-50(33-17-7-5-8-18-33)54-51(53-49)34-19-15-22-36(31-34)56-42-26-14-12-24-40(42)46-44(56)30-28-38-37-27-29-43-45(47(37)57-48(38)46)39-23-11-13-25-41(39)55(43)35-20-9-6-10-21-35/h3-31H,1-2H2/b32-16+. The van der Waals surface area contributed by atoms with E-state index in [9.17, 15) is 0 Å². The molecule has 11 aromatic rings. The van der Waals surface area contributed by atoms with Gasteiger partial charge in [0, 0.05) is 49.6 Å². The van der Waals surface area contributed by atoms with Gasteiger partial charge in [-0.15, -0.1) is 0 Å². The molecule has 0 aliphatic heterocycles. The summed E-state index contributed by atoms with van der Waals surface area (Å²) < 4.78 is 11.8. The van der Waals surface area contributed by atoms with Crippen molar-refractivity contribution in [2.24, 2.45) is 0 Å². The number of allylic oxidation sites excluding steroid dienone is 4. The molecule has 0 spiro atoms. The van der Waals surface area contributed by atoms with Gasteiger partial charge in [-0.1, -0.05) is 128 Å². The number of benzene rings is 7. The Labute approximate surface area is 327 Å². The predicted molar refractivity (Wildman–Crippen MR) is 235 cm³/mol. The Morgan fingerprint density at radius 3 is 1.61 bits per heavy atom. The molecule has 0 atom stereocenters. The third-order valence-electron chi connectivity index (χ3n) is 10.9. The van der Waals surface area contributed by atoms with Crippen molar-refractivity contribution in [2.45, 2.75) is 0 Å². The maximum atomic E-state index is 7.13. The van der Waals surface area contributed by atoms with E-state index in [0.717, 1.165) is 93.6 Å². The quantitative estimate of drug-likeness (QED) is 0.153. The number of nitrogens with zero attached hydrogens (tertiary/aromatic N) is 5. The minimum Gasteiger partial charge on any atom is -0.455 e. The number of aromatic nitrogens is 5. The van der Waals surface area contributed by atoms with Gasteiger partial charge in [-0.3, -0.25) is 0 Å². The molecule has 0 N–H and O–H groups in total. The van der Waals surface area contributed by atoms with Crippen molar-refractivity contribution in [2.75, 3.05) is 0 Å². The third-order valence-corrected chi connectivity index (χ3v) is 10.9. The highest BCUT2D eigenvalue weighted by molar-refractivity contribution is 6.29. The van der Waals surface area contributed by atoms with Crippen LogP contribution in [0.1, 0.15) is 5.82 Å². The second kappa shape index (κ2) is 12.9. The van der Waals surface area contributed by atoms with Crippen molar-refractivity contribution < 1.29 is 4.42 Å². The monoisotopic (exact) mass is 731 g/mol. The van der Waals surface area contributed by atoms with Gasteiger partial charge in [0.2, 0.25) is 0 Å². The van der Waals surface area contributed by atoms with E-state index in [1.807, 2.05) is 42.5 Å². The van der Waals surface area contributed by atoms with Crippen LogP contribution in [0.25, 0.3) is 105 Å². The normalized spacial score (nSPS) is 12.1. The first-order chi connectivity index (χ1) is 28.2. The van der Waals surface area contributed by atoms with Gasteiger partial charge in [0.05, 0.1) is 32.8 Å². The molecule has 0 radical (unpaired) electrons. The summed E-state index contributed by atoms with van der Waals surface area (Å²) in [7, 11) is 0. The van der Waals surface area contributed by atoms with Crippen LogP contribution in [0.5, 0.6) is 0 Å². The summed E-state index contributed by atoms with van der Waals surface area (Å²) in [4.78, 5) is 14.8. The molecule has 0 aliphatic rings. The topological polar surface area (TPSA) is 61.7 Å². The maximum Gasteiger partial charge on any atom is 0.164 e. The smallest absolute Gasteiger partial charge is 0.164 e. The Morgan fingerprint density at radius 1 is 0.474 bits per heavy atom. The number of rotatable bonds is 7. The van der Waals surface area contributed by atoms with Gasteiger partial charge in [0.1, 0.15) is 11.2 Å². The molecule has 57 heavy (non-hydrogen) atoms. The molecule has 0 fully saturated rings. The van der Waals surface area contributed by atoms with Gasteiger partial charge in [-0.05, 0) is 60.7 Å². The first-order valence-corrected chi connectivity index (χ1v) is 18.9. The molecule has 0 amide bonds. The molecule has 0 saturated heterocycles. The fourth-order valence-corrected chi connectivity index (χ4v) is 8.42. The second-order valence-corrected chi connectivity index (χ2v) is 14.1. The summed E-state index contributed by atoms with van der Waals surface area (Å²) in [6.07, 6.45) is 5.33. The van der Waals surface area contributed by atoms with E-state index in [-0.39, 0.29) is 0 Å². The summed E-state index contributed by atoms with van der Waals surface area (Å²) in [5.41, 5.74) is 10.8. The molecular weight excluding hydrogens is 699 g/mol. The van der Waals surface area contributed by atoms with Gasteiger partial charge >= 0.3 is 0 Å². The van der Waals surface area contributed by atoms with Crippen LogP contribution in [0.4, 0.5) is 0 Å². The number of fused-ring (bicyclic) bond motifs is 11. The first kappa shape index (κ1) is 32.6. The fourth-order valence-electron chi connectivity index (χ4n) is 8.42. The largest absolute Gasteiger partial charge is 0.455 e. The molecule has 0 bridgehead atoms. The van der Waals surface area contributed by atoms with Crippen molar-refractivity contribution >= 4 is 71.1 Å². The van der Waals surface area contributed by atoms with Crippen LogP contribution >= 0.6 is 0 Å². The minimum atomic E-state index is 0.532. The van der Waals surface area contributed by atoms with Gasteiger partial charge in [0.25, 0.3) is 0 Å². The van der Waals surface area contributed by atoms with Crippen molar-refractivity contribution in [1.29, 1.82) is 0 Å². The molecule has 6 nitrogen and oxygen atoms in total. The highest BCUT2D eigenvalue weighted by Gasteiger charge is 2.23. The number of para-hydroxylation sites is 3. The summed E-state index contributed by atoms with van der Waals surface area (Å²) in [6.45, 7) is 7.90. The van der Waals surface area contributed by atoms with Crippen LogP contribution < -0.4 is 0 Å². The van der Waals surface area contributed by atoms with Crippen LogP contribution in [0.2, 0.25) is 0 Å². The van der Waals surface area contributed by atoms with Crippen LogP contribution in [0.15, 0.2) is 194 Å². The van der Waals surface area contributed by atoms with Crippen LogP contribution in [0.3, 0.4) is 0 Å². The van der Waals surface area contributed by atoms with Gasteiger partial charge in [-0.2, -0.15) is 0 Å². The number of hydrogen-bond donors (Lipinski definition) is 0. The Kier molecular flexibility index (Phi) is 7.37. The van der Waals surface area contributed by atoms with Crippen molar-refractivity contribution in [3.05, 3.63) is 195 Å². The van der Waals surface area contributed by atoms with Crippen molar-refractivity contribution in [1.82, 2.24) is 24.1 Å². The lowest BCUT2D eigenvalue weighted by Crippen LogP contribution is -2.03. The van der Waals surface area contributed by atoms with E-state index in [2.05, 4.69) is 144 Å². The summed E-state index contributed by atoms with van der Waals surface area (Å²) >= 11 is 0. The summed E-state index contributed by atoms with van der Waals surface area (Å²) in [5.74, 6) is 1.68. The molecule has 11 rings (SSSR count). The molecule has 6 heteroatoms. The highest BCUT2D eigenvalue weighted by atomic mass is 16.3. The molecule has 0 saturated carbocycles. The lowest BCUT2D eigenvalue weighted by atomic mass is 10.1. The number of furan rings is 1. The van der Waals surface area contributed by atoms with Gasteiger partial charge in [-0.25, -0.2) is 15.0 Å². The molecular formula is C51H33N5O.